The summed E-state index contributed by atoms with van der Waals surface area (Å²) in [6.07, 6.45) is 0.498. The summed E-state index contributed by atoms with van der Waals surface area (Å²) in [5.41, 5.74) is 8.64. The van der Waals surface area contributed by atoms with Crippen molar-refractivity contribution in [3.63, 3.8) is 0 Å². The Balaban J connectivity index is 1.67. The molecular weight excluding hydrogens is 523 g/mol. The molecule has 4 N–H and O–H groups in total. The number of rotatable bonds is 4. The number of ether oxygens (including phenoxy) is 1. The van der Waals surface area contributed by atoms with E-state index in [9.17, 15) is 4.79 Å². The largest absolute Gasteiger partial charge is 0.471 e. The van der Waals surface area contributed by atoms with Gasteiger partial charge in [-0.25, -0.2) is 4.98 Å². The van der Waals surface area contributed by atoms with Crippen molar-refractivity contribution < 1.29 is 9.53 Å². The number of aromatic amines is 1. The van der Waals surface area contributed by atoms with E-state index in [1.54, 1.807) is 24.3 Å². The lowest BCUT2D eigenvalue weighted by Crippen LogP contribution is -2.42. The molecule has 1 aliphatic heterocycles. The first-order chi connectivity index (χ1) is 17.1. The van der Waals surface area contributed by atoms with Gasteiger partial charge in [-0.05, 0) is 55.8 Å². The van der Waals surface area contributed by atoms with Crippen LogP contribution in [0.25, 0.3) is 22.4 Å². The van der Waals surface area contributed by atoms with E-state index < -0.39 is 17.6 Å². The van der Waals surface area contributed by atoms with Crippen molar-refractivity contribution in [1.82, 2.24) is 25.5 Å². The minimum absolute atomic E-state index is 0.0102. The van der Waals surface area contributed by atoms with Gasteiger partial charge in [0.05, 0.1) is 16.8 Å². The molecule has 11 heteroatoms. The summed E-state index contributed by atoms with van der Waals surface area (Å²) in [6, 6.07) is 14.2. The van der Waals surface area contributed by atoms with Crippen molar-refractivity contribution >= 4 is 46.7 Å². The number of amides is 1. The highest BCUT2D eigenvalue weighted by molar-refractivity contribution is 6.36. The van der Waals surface area contributed by atoms with Gasteiger partial charge < -0.3 is 15.8 Å². The number of nitrogens with two attached hydrogens (primary N) is 1. The molecule has 1 aliphatic rings. The second-order valence-electron chi connectivity index (χ2n) is 9.04. The van der Waals surface area contributed by atoms with E-state index in [-0.39, 0.29) is 11.8 Å². The van der Waals surface area contributed by atoms with E-state index in [1.807, 2.05) is 38.1 Å². The first-order valence-corrected chi connectivity index (χ1v) is 12.2. The number of nitrogen functional groups attached to an aromatic ring is 1. The maximum atomic E-state index is 12.9. The van der Waals surface area contributed by atoms with Gasteiger partial charge in [-0.15, -0.1) is 5.10 Å². The van der Waals surface area contributed by atoms with E-state index in [0.717, 1.165) is 11.1 Å². The van der Waals surface area contributed by atoms with Crippen LogP contribution in [-0.2, 0) is 0 Å². The van der Waals surface area contributed by atoms with Crippen molar-refractivity contribution in [3.8, 4) is 28.3 Å². The monoisotopic (exact) mass is 542 g/mol. The summed E-state index contributed by atoms with van der Waals surface area (Å²) < 4.78 is 6.27. The molecule has 5 rings (SSSR count). The average molecular weight is 544 g/mol. The third-order valence-electron chi connectivity index (χ3n) is 5.82. The number of nitrogens with one attached hydrogen (secondary N) is 2. The van der Waals surface area contributed by atoms with E-state index >= 15 is 0 Å². The van der Waals surface area contributed by atoms with Gasteiger partial charge in [-0.1, -0.05) is 46.9 Å². The molecule has 0 saturated heterocycles. The van der Waals surface area contributed by atoms with Crippen LogP contribution in [0.3, 0.4) is 0 Å². The first kappa shape index (κ1) is 24.4. The number of nitrogens with zero attached hydrogens (tertiary/aromatic N) is 3. The Labute approximate surface area is 222 Å². The highest BCUT2D eigenvalue weighted by Crippen LogP contribution is 2.45. The van der Waals surface area contributed by atoms with Gasteiger partial charge in [0.2, 0.25) is 17.7 Å². The maximum absolute atomic E-state index is 12.9. The first-order valence-electron chi connectivity index (χ1n) is 11.0. The predicted octanol–water partition coefficient (Wildman–Crippen LogP) is 6.11. The zero-order valence-corrected chi connectivity index (χ0v) is 21.5. The number of carbonyl (C=O) groups is 1. The molecule has 0 radical (unpaired) electrons. The number of H-pyrrole nitrogens is 1. The lowest BCUT2D eigenvalue weighted by Gasteiger charge is -2.37. The van der Waals surface area contributed by atoms with Crippen LogP contribution in [0.5, 0.6) is 5.88 Å². The molecule has 4 aromatic rings. The zero-order valence-electron chi connectivity index (χ0n) is 19.3. The molecule has 2 aromatic carbocycles. The SMILES string of the molecule is CC1(C)C[C@@H](NC(=O)c2nc(N)n[nH]2)c2cc(-c3ccc(Cl)cc3)c(-c3ccc(Cl)cc3Cl)nc2O1. The number of halogens is 3. The fourth-order valence-corrected chi connectivity index (χ4v) is 4.84. The minimum Gasteiger partial charge on any atom is -0.471 e. The topological polar surface area (TPSA) is 119 Å². The normalized spacial score (nSPS) is 16.2. The van der Waals surface area contributed by atoms with Gasteiger partial charge >= 0.3 is 0 Å². The molecule has 0 aliphatic carbocycles. The number of aromatic nitrogens is 4. The van der Waals surface area contributed by atoms with E-state index in [1.165, 1.54) is 0 Å². The van der Waals surface area contributed by atoms with Crippen LogP contribution in [0.1, 0.15) is 42.5 Å². The molecule has 184 valence electrons. The Kier molecular flexibility index (Phi) is 6.28. The van der Waals surface area contributed by atoms with E-state index in [4.69, 9.17) is 50.3 Å². The fourth-order valence-electron chi connectivity index (χ4n) is 4.22. The summed E-state index contributed by atoms with van der Waals surface area (Å²) in [5.74, 6) is -0.0316. The Morgan fingerprint density at radius 3 is 2.44 bits per heavy atom. The van der Waals surface area contributed by atoms with Gasteiger partial charge in [-0.2, -0.15) is 4.98 Å². The molecule has 2 aromatic heterocycles. The fraction of sp³-hybridized carbons (Fsp3) is 0.200. The van der Waals surface area contributed by atoms with E-state index in [0.29, 0.717) is 44.2 Å². The molecular formula is C25H21Cl3N6O2. The van der Waals surface area contributed by atoms with Gasteiger partial charge in [0.15, 0.2) is 0 Å². The molecule has 3 heterocycles. The lowest BCUT2D eigenvalue weighted by atomic mass is 9.88. The molecule has 1 amide bonds. The molecule has 0 fully saturated rings. The van der Waals surface area contributed by atoms with Crippen LogP contribution < -0.4 is 15.8 Å². The quantitative estimate of drug-likeness (QED) is 0.286. The van der Waals surface area contributed by atoms with Crippen molar-refractivity contribution in [1.29, 1.82) is 0 Å². The second-order valence-corrected chi connectivity index (χ2v) is 10.3. The molecule has 0 bridgehead atoms. The summed E-state index contributed by atoms with van der Waals surface area (Å²) >= 11 is 18.9. The number of benzene rings is 2. The van der Waals surface area contributed by atoms with Gasteiger partial charge in [0.1, 0.15) is 5.60 Å². The average Bonchev–Trinajstić information content (AvgIpc) is 3.25. The van der Waals surface area contributed by atoms with Crippen LogP contribution in [0, 0.1) is 0 Å². The van der Waals surface area contributed by atoms with E-state index in [2.05, 4.69) is 20.5 Å². The Bertz CT molecular complexity index is 1470. The van der Waals surface area contributed by atoms with Gasteiger partial charge in [-0.3, -0.25) is 9.89 Å². The number of anilines is 1. The zero-order chi connectivity index (χ0) is 25.6. The number of hydrogen-bond donors (Lipinski definition) is 3. The van der Waals surface area contributed by atoms with Crippen LogP contribution in [0.15, 0.2) is 48.5 Å². The molecule has 1 atom stereocenters. The third kappa shape index (κ3) is 4.84. The highest BCUT2D eigenvalue weighted by Gasteiger charge is 2.37. The summed E-state index contributed by atoms with van der Waals surface area (Å²) in [4.78, 5) is 21.7. The number of carbonyl (C=O) groups excluding carboxylic acids is 1. The summed E-state index contributed by atoms with van der Waals surface area (Å²) in [6.45, 7) is 3.87. The van der Waals surface area contributed by atoms with Crippen molar-refractivity contribution in [2.24, 2.45) is 0 Å². The summed E-state index contributed by atoms with van der Waals surface area (Å²) in [7, 11) is 0. The molecule has 0 saturated carbocycles. The number of fused-ring (bicyclic) bond motifs is 1. The third-order valence-corrected chi connectivity index (χ3v) is 6.62. The van der Waals surface area contributed by atoms with Crippen LogP contribution in [0.2, 0.25) is 15.1 Å². The van der Waals surface area contributed by atoms with Crippen LogP contribution in [-0.4, -0.2) is 31.7 Å². The number of pyridine rings is 1. The predicted molar refractivity (Wildman–Crippen MR) is 140 cm³/mol. The molecule has 0 spiro atoms. The minimum atomic E-state index is -0.610. The molecule has 36 heavy (non-hydrogen) atoms. The smallest absolute Gasteiger partial charge is 0.289 e. The maximum Gasteiger partial charge on any atom is 0.289 e. The van der Waals surface area contributed by atoms with Crippen molar-refractivity contribution in [2.75, 3.05) is 5.73 Å². The lowest BCUT2D eigenvalue weighted by molar-refractivity contribution is 0.0570. The Hall–Kier alpha value is -3.33. The summed E-state index contributed by atoms with van der Waals surface area (Å²) in [5, 5.41) is 10.9. The number of hydrogen-bond acceptors (Lipinski definition) is 6. The molecule has 8 nitrogen and oxygen atoms in total. The molecule has 0 unspecified atom stereocenters. The van der Waals surface area contributed by atoms with Crippen molar-refractivity contribution in [2.45, 2.75) is 31.9 Å². The van der Waals surface area contributed by atoms with Crippen molar-refractivity contribution in [3.05, 3.63) is 75.0 Å². The van der Waals surface area contributed by atoms with Gasteiger partial charge in [0.25, 0.3) is 5.91 Å². The Morgan fingerprint density at radius 1 is 1.06 bits per heavy atom. The standard InChI is InChI=1S/C25H21Cl3N6O2/c1-25(2)11-19(30-22(35)21-32-24(29)34-33-21)17-10-16(12-3-5-13(26)6-4-12)20(31-23(17)36-25)15-8-7-14(27)9-18(15)28/h3-10,19H,11H2,1-2H3,(H,30,35)(H3,29,32,33,34)/t19-/m1/s1. The Morgan fingerprint density at radius 2 is 1.78 bits per heavy atom. The van der Waals surface area contributed by atoms with Crippen LogP contribution >= 0.6 is 34.8 Å². The highest BCUT2D eigenvalue weighted by atomic mass is 35.5. The van der Waals surface area contributed by atoms with Crippen LogP contribution in [0.4, 0.5) is 5.95 Å². The van der Waals surface area contributed by atoms with Gasteiger partial charge in [0, 0.05) is 33.2 Å². The second kappa shape index (κ2) is 9.28.